The van der Waals surface area contributed by atoms with Gasteiger partial charge in [-0.05, 0) is 60.2 Å². The lowest BCUT2D eigenvalue weighted by molar-refractivity contribution is -0.0408. The number of para-hydroxylation sites is 1. The van der Waals surface area contributed by atoms with Gasteiger partial charge in [0.05, 0.1) is 17.9 Å². The lowest BCUT2D eigenvalue weighted by Crippen LogP contribution is -2.31. The van der Waals surface area contributed by atoms with Gasteiger partial charge in [0.2, 0.25) is 0 Å². The molecule has 0 heterocycles. The molecule has 4 N–H and O–H groups in total. The Hall–Kier alpha value is -1.71. The highest BCUT2D eigenvalue weighted by molar-refractivity contribution is 14.1. The molecule has 0 aliphatic carbocycles. The van der Waals surface area contributed by atoms with Crippen molar-refractivity contribution in [1.82, 2.24) is 5.48 Å². The summed E-state index contributed by atoms with van der Waals surface area (Å²) < 4.78 is 14.4. The van der Waals surface area contributed by atoms with Gasteiger partial charge in [-0.25, -0.2) is 9.87 Å². The average molecular weight is 460 g/mol. The van der Waals surface area contributed by atoms with Crippen LogP contribution >= 0.6 is 22.6 Å². The maximum absolute atomic E-state index is 13.1. The molecule has 1 atom stereocenters. The minimum absolute atomic E-state index is 0.00204. The number of halogens is 2. The van der Waals surface area contributed by atoms with Crippen LogP contribution in [-0.2, 0) is 4.84 Å². The summed E-state index contributed by atoms with van der Waals surface area (Å²) in [7, 11) is 0. The van der Waals surface area contributed by atoms with Gasteiger partial charge < -0.3 is 10.8 Å². The molecule has 0 aliphatic rings. The Balaban J connectivity index is 0.000000324. The Morgan fingerprint density at radius 3 is 2.56 bits per heavy atom. The Labute approximate surface area is 160 Å². The van der Waals surface area contributed by atoms with Crippen LogP contribution in [0.15, 0.2) is 42.5 Å². The van der Waals surface area contributed by atoms with Crippen molar-refractivity contribution in [1.29, 1.82) is 0 Å². The SMILES string of the molecule is CCC(CO)ONC(=O)c1cccc(F)c1N.Cc1cccc(I)c1. The van der Waals surface area contributed by atoms with Crippen LogP contribution in [0, 0.1) is 16.3 Å². The van der Waals surface area contributed by atoms with Gasteiger partial charge in [0, 0.05) is 3.57 Å². The molecule has 136 valence electrons. The van der Waals surface area contributed by atoms with Crippen molar-refractivity contribution in [2.75, 3.05) is 12.3 Å². The first-order valence-corrected chi connectivity index (χ1v) is 8.79. The maximum atomic E-state index is 13.1. The molecule has 0 fully saturated rings. The van der Waals surface area contributed by atoms with Gasteiger partial charge in [-0.15, -0.1) is 0 Å². The summed E-state index contributed by atoms with van der Waals surface area (Å²) in [5.41, 5.74) is 8.63. The normalized spacial score (nSPS) is 11.2. The predicted molar refractivity (Wildman–Crippen MR) is 104 cm³/mol. The summed E-state index contributed by atoms with van der Waals surface area (Å²) >= 11 is 2.31. The van der Waals surface area contributed by atoms with Crippen LogP contribution < -0.4 is 11.2 Å². The fourth-order valence-electron chi connectivity index (χ4n) is 1.78. The molecular weight excluding hydrogens is 438 g/mol. The highest BCUT2D eigenvalue weighted by Crippen LogP contribution is 2.15. The van der Waals surface area contributed by atoms with Crippen molar-refractivity contribution in [2.24, 2.45) is 0 Å². The number of hydrogen-bond acceptors (Lipinski definition) is 4. The number of carbonyl (C=O) groups is 1. The van der Waals surface area contributed by atoms with E-state index in [4.69, 9.17) is 15.7 Å². The van der Waals surface area contributed by atoms with Gasteiger partial charge >= 0.3 is 0 Å². The summed E-state index contributed by atoms with van der Waals surface area (Å²) in [5, 5.41) is 8.85. The van der Waals surface area contributed by atoms with Crippen molar-refractivity contribution in [2.45, 2.75) is 26.4 Å². The van der Waals surface area contributed by atoms with E-state index >= 15 is 0 Å². The third kappa shape index (κ3) is 7.37. The van der Waals surface area contributed by atoms with Crippen LogP contribution in [0.3, 0.4) is 0 Å². The van der Waals surface area contributed by atoms with Gasteiger partial charge in [0.25, 0.3) is 5.91 Å². The molecule has 2 rings (SSSR count). The maximum Gasteiger partial charge on any atom is 0.277 e. The zero-order chi connectivity index (χ0) is 18.8. The monoisotopic (exact) mass is 460 g/mol. The number of rotatable bonds is 5. The molecule has 0 bridgehead atoms. The van der Waals surface area contributed by atoms with Crippen LogP contribution in [-0.4, -0.2) is 23.7 Å². The first-order valence-electron chi connectivity index (χ1n) is 7.72. The number of amides is 1. The zero-order valence-electron chi connectivity index (χ0n) is 14.1. The van der Waals surface area contributed by atoms with E-state index in [0.717, 1.165) is 6.07 Å². The minimum Gasteiger partial charge on any atom is -0.396 e. The van der Waals surface area contributed by atoms with E-state index in [2.05, 4.69) is 59.3 Å². The summed E-state index contributed by atoms with van der Waals surface area (Å²) in [6.45, 7) is 3.68. The van der Waals surface area contributed by atoms with Crippen molar-refractivity contribution < 1.29 is 19.1 Å². The summed E-state index contributed by atoms with van der Waals surface area (Å²) in [4.78, 5) is 16.5. The third-order valence-electron chi connectivity index (χ3n) is 3.25. The topological polar surface area (TPSA) is 84.6 Å². The second-order valence-corrected chi connectivity index (χ2v) is 6.51. The summed E-state index contributed by atoms with van der Waals surface area (Å²) in [5.74, 6) is -1.30. The van der Waals surface area contributed by atoms with Gasteiger partial charge in [0.1, 0.15) is 11.9 Å². The van der Waals surface area contributed by atoms with Crippen LogP contribution in [0.5, 0.6) is 0 Å². The Morgan fingerprint density at radius 2 is 2.04 bits per heavy atom. The number of nitrogens with one attached hydrogen (secondary N) is 1. The van der Waals surface area contributed by atoms with E-state index in [-0.39, 0.29) is 17.9 Å². The van der Waals surface area contributed by atoms with Crippen LogP contribution in [0.2, 0.25) is 0 Å². The van der Waals surface area contributed by atoms with E-state index in [1.165, 1.54) is 21.3 Å². The molecule has 0 aliphatic heterocycles. The van der Waals surface area contributed by atoms with Gasteiger partial charge in [0.15, 0.2) is 0 Å². The standard InChI is InChI=1S/C11H15FN2O3.C7H7I/c1-2-7(6-15)17-14-11(16)8-4-3-5-9(12)10(8)13;1-6-3-2-4-7(8)5-6/h3-5,7,15H,2,6,13H2,1H3,(H,14,16);2-5H,1H3. The quantitative estimate of drug-likeness (QED) is 0.363. The largest absolute Gasteiger partial charge is 0.396 e. The smallest absolute Gasteiger partial charge is 0.277 e. The molecule has 0 aromatic heterocycles. The number of carbonyl (C=O) groups excluding carboxylic acids is 1. The number of aryl methyl sites for hydroxylation is 1. The molecule has 2 aromatic carbocycles. The number of aliphatic hydroxyl groups is 1. The molecule has 7 heteroatoms. The van der Waals surface area contributed by atoms with Crippen molar-refractivity contribution in [3.05, 3.63) is 63.0 Å². The Bertz CT molecular complexity index is 677. The molecule has 1 unspecified atom stereocenters. The molecule has 0 spiro atoms. The number of anilines is 1. The first-order chi connectivity index (χ1) is 11.9. The molecule has 5 nitrogen and oxygen atoms in total. The number of nitrogens with two attached hydrogens (primary N) is 1. The Morgan fingerprint density at radius 1 is 1.36 bits per heavy atom. The molecule has 0 saturated heterocycles. The number of aliphatic hydroxyl groups excluding tert-OH is 1. The van der Waals surface area contributed by atoms with E-state index in [0.29, 0.717) is 6.42 Å². The average Bonchev–Trinajstić information content (AvgIpc) is 2.58. The highest BCUT2D eigenvalue weighted by atomic mass is 127. The second-order valence-electron chi connectivity index (χ2n) is 5.26. The molecule has 0 radical (unpaired) electrons. The van der Waals surface area contributed by atoms with Crippen molar-refractivity contribution >= 4 is 34.2 Å². The van der Waals surface area contributed by atoms with Crippen molar-refractivity contribution in [3.8, 4) is 0 Å². The Kier molecular flexibility index (Phi) is 9.40. The number of nitrogen functional groups attached to an aromatic ring is 1. The number of hydroxylamine groups is 1. The van der Waals surface area contributed by atoms with Crippen LogP contribution in [0.1, 0.15) is 29.3 Å². The highest BCUT2D eigenvalue weighted by Gasteiger charge is 2.14. The molecule has 1 amide bonds. The van der Waals surface area contributed by atoms with Crippen LogP contribution in [0.25, 0.3) is 0 Å². The van der Waals surface area contributed by atoms with Crippen LogP contribution in [0.4, 0.5) is 10.1 Å². The summed E-state index contributed by atoms with van der Waals surface area (Å²) in [6.07, 6.45) is 0.0452. The molecule has 2 aromatic rings. The lowest BCUT2D eigenvalue weighted by Gasteiger charge is -2.13. The number of hydrogen-bond donors (Lipinski definition) is 3. The number of benzene rings is 2. The third-order valence-corrected chi connectivity index (χ3v) is 3.93. The van der Waals surface area contributed by atoms with E-state index < -0.39 is 17.8 Å². The van der Waals surface area contributed by atoms with Crippen molar-refractivity contribution in [3.63, 3.8) is 0 Å². The van der Waals surface area contributed by atoms with Gasteiger partial charge in [-0.2, -0.15) is 0 Å². The second kappa shape index (κ2) is 11.0. The predicted octanol–water partition coefficient (Wildman–Crippen LogP) is 3.44. The fourth-order valence-corrected chi connectivity index (χ4v) is 2.48. The van der Waals surface area contributed by atoms with Gasteiger partial charge in [-0.1, -0.05) is 30.7 Å². The lowest BCUT2D eigenvalue weighted by atomic mass is 10.1. The van der Waals surface area contributed by atoms with E-state index in [1.54, 1.807) is 6.92 Å². The summed E-state index contributed by atoms with van der Waals surface area (Å²) in [6, 6.07) is 12.3. The minimum atomic E-state index is -0.660. The van der Waals surface area contributed by atoms with Gasteiger partial charge in [-0.3, -0.25) is 9.63 Å². The molecule has 0 saturated carbocycles. The fraction of sp³-hybridized carbons (Fsp3) is 0.278. The van der Waals surface area contributed by atoms with E-state index in [9.17, 15) is 9.18 Å². The molecule has 25 heavy (non-hydrogen) atoms. The zero-order valence-corrected chi connectivity index (χ0v) is 16.3. The first kappa shape index (κ1) is 21.3. The van der Waals surface area contributed by atoms with E-state index in [1.807, 2.05) is 0 Å². The molecular formula is C18H22FIN2O3.